The maximum atomic E-state index is 12.1. The zero-order chi connectivity index (χ0) is 15.0. The lowest BCUT2D eigenvalue weighted by Gasteiger charge is -2.12. The fourth-order valence-electron chi connectivity index (χ4n) is 1.58. The van der Waals surface area contributed by atoms with Gasteiger partial charge in [-0.1, -0.05) is 13.8 Å². The van der Waals surface area contributed by atoms with Crippen LogP contribution in [0.5, 0.6) is 0 Å². The Balaban J connectivity index is 2.63. The molecular weight excluding hydrogens is 294 g/mol. The summed E-state index contributed by atoms with van der Waals surface area (Å²) >= 11 is 1.71. The van der Waals surface area contributed by atoms with E-state index in [1.54, 1.807) is 23.9 Å². The monoisotopic (exact) mass is 317 g/mol. The molecule has 1 atom stereocenters. The van der Waals surface area contributed by atoms with E-state index < -0.39 is 10.0 Å². The number of anilines is 1. The van der Waals surface area contributed by atoms with Crippen LogP contribution in [0.1, 0.15) is 20.3 Å². The molecule has 5 nitrogen and oxygen atoms in total. The summed E-state index contributed by atoms with van der Waals surface area (Å²) in [6.45, 7) is 5.35. The topological polar surface area (TPSA) is 71.1 Å². The van der Waals surface area contributed by atoms with Gasteiger partial charge in [0, 0.05) is 19.3 Å². The summed E-state index contributed by atoms with van der Waals surface area (Å²) in [5, 5.41) is 3.11. The molecule has 20 heavy (non-hydrogen) atoms. The Morgan fingerprint density at radius 2 is 2.15 bits per heavy atom. The van der Waals surface area contributed by atoms with Crippen molar-refractivity contribution in [2.75, 3.05) is 30.4 Å². The summed E-state index contributed by atoms with van der Waals surface area (Å²) in [7, 11) is -3.46. The average Bonchev–Trinajstić information content (AvgIpc) is 2.44. The van der Waals surface area contributed by atoms with E-state index in [0.29, 0.717) is 18.3 Å². The summed E-state index contributed by atoms with van der Waals surface area (Å²) in [5.41, 5.74) is 0. The molecular formula is C13H23N3O2S2. The average molecular weight is 317 g/mol. The van der Waals surface area contributed by atoms with E-state index in [-0.39, 0.29) is 4.90 Å². The van der Waals surface area contributed by atoms with Crippen molar-refractivity contribution in [1.29, 1.82) is 0 Å². The van der Waals surface area contributed by atoms with Crippen LogP contribution in [0.2, 0.25) is 0 Å². The number of pyridine rings is 1. The Kier molecular flexibility index (Phi) is 7.32. The predicted molar refractivity (Wildman–Crippen MR) is 85.8 cm³/mol. The highest BCUT2D eigenvalue weighted by molar-refractivity contribution is 7.98. The Morgan fingerprint density at radius 3 is 2.70 bits per heavy atom. The molecule has 0 radical (unpaired) electrons. The molecule has 114 valence electrons. The second-order valence-electron chi connectivity index (χ2n) is 4.72. The van der Waals surface area contributed by atoms with E-state index in [1.165, 1.54) is 6.20 Å². The zero-order valence-corrected chi connectivity index (χ0v) is 13.9. The third-order valence-corrected chi connectivity index (χ3v) is 4.99. The molecule has 1 heterocycles. The van der Waals surface area contributed by atoms with Crippen molar-refractivity contribution in [2.45, 2.75) is 25.2 Å². The number of hydrogen-bond acceptors (Lipinski definition) is 5. The standard InChI is InChI=1S/C13H23N3O2S2/c1-4-7-14-13-6-5-12(9-15-13)20(17,18)16-8-11(2)10-19-3/h5-6,9,11,16H,4,7-8,10H2,1-3H3,(H,14,15). The molecule has 0 aliphatic heterocycles. The Labute approximate surface area is 126 Å². The van der Waals surface area contributed by atoms with E-state index in [2.05, 4.69) is 21.9 Å². The molecule has 0 saturated heterocycles. The first-order valence-electron chi connectivity index (χ1n) is 6.68. The lowest BCUT2D eigenvalue weighted by molar-refractivity contribution is 0.562. The van der Waals surface area contributed by atoms with Crippen LogP contribution in [0.4, 0.5) is 5.82 Å². The minimum Gasteiger partial charge on any atom is -0.370 e. The maximum absolute atomic E-state index is 12.1. The number of aromatic nitrogens is 1. The van der Waals surface area contributed by atoms with Gasteiger partial charge in [-0.25, -0.2) is 18.1 Å². The highest BCUT2D eigenvalue weighted by atomic mass is 32.2. The second-order valence-corrected chi connectivity index (χ2v) is 7.40. The minimum atomic E-state index is -3.46. The molecule has 0 spiro atoms. The number of thioether (sulfide) groups is 1. The smallest absolute Gasteiger partial charge is 0.242 e. The third kappa shape index (κ3) is 5.68. The Bertz CT molecular complexity index is 489. The van der Waals surface area contributed by atoms with Gasteiger partial charge < -0.3 is 5.32 Å². The third-order valence-electron chi connectivity index (χ3n) is 2.68. The molecule has 0 fully saturated rings. The van der Waals surface area contributed by atoms with Crippen molar-refractivity contribution in [1.82, 2.24) is 9.71 Å². The van der Waals surface area contributed by atoms with Crippen LogP contribution in [0, 0.1) is 5.92 Å². The van der Waals surface area contributed by atoms with Gasteiger partial charge in [0.15, 0.2) is 0 Å². The summed E-state index contributed by atoms with van der Waals surface area (Å²) in [6.07, 6.45) is 4.40. The molecule has 0 aromatic carbocycles. The summed E-state index contributed by atoms with van der Waals surface area (Å²) < 4.78 is 26.8. The van der Waals surface area contributed by atoms with E-state index in [0.717, 1.165) is 18.7 Å². The molecule has 2 N–H and O–H groups in total. The molecule has 0 saturated carbocycles. The summed E-state index contributed by atoms with van der Waals surface area (Å²) in [4.78, 5) is 4.32. The van der Waals surface area contributed by atoms with Crippen LogP contribution in [0.3, 0.4) is 0 Å². The highest BCUT2D eigenvalue weighted by Gasteiger charge is 2.15. The first-order chi connectivity index (χ1) is 9.49. The van der Waals surface area contributed by atoms with Crippen molar-refractivity contribution < 1.29 is 8.42 Å². The molecule has 0 amide bonds. The lowest BCUT2D eigenvalue weighted by atomic mass is 10.2. The SMILES string of the molecule is CCCNc1ccc(S(=O)(=O)NCC(C)CSC)cn1. The van der Waals surface area contributed by atoms with Crippen molar-refractivity contribution in [3.63, 3.8) is 0 Å². The van der Waals surface area contributed by atoms with Gasteiger partial charge >= 0.3 is 0 Å². The van der Waals surface area contributed by atoms with Gasteiger partial charge in [0.05, 0.1) is 0 Å². The van der Waals surface area contributed by atoms with E-state index in [9.17, 15) is 8.42 Å². The quantitative estimate of drug-likeness (QED) is 0.730. The molecule has 1 rings (SSSR count). The number of hydrogen-bond donors (Lipinski definition) is 2. The fourth-order valence-corrected chi connectivity index (χ4v) is 3.37. The number of rotatable bonds is 9. The molecule has 0 aliphatic rings. The summed E-state index contributed by atoms with van der Waals surface area (Å²) in [6, 6.07) is 3.27. The fraction of sp³-hybridized carbons (Fsp3) is 0.615. The van der Waals surface area contributed by atoms with E-state index in [1.807, 2.05) is 13.2 Å². The van der Waals surface area contributed by atoms with Gasteiger partial charge in [0.25, 0.3) is 0 Å². The van der Waals surface area contributed by atoms with Crippen LogP contribution in [-0.2, 0) is 10.0 Å². The number of nitrogens with zero attached hydrogens (tertiary/aromatic N) is 1. The Morgan fingerprint density at radius 1 is 1.40 bits per heavy atom. The van der Waals surface area contributed by atoms with Crippen molar-refractivity contribution in [3.8, 4) is 0 Å². The van der Waals surface area contributed by atoms with Gasteiger partial charge in [-0.15, -0.1) is 0 Å². The van der Waals surface area contributed by atoms with Crippen LogP contribution in [-0.4, -0.2) is 38.5 Å². The van der Waals surface area contributed by atoms with Crippen molar-refractivity contribution in [2.24, 2.45) is 5.92 Å². The van der Waals surface area contributed by atoms with E-state index in [4.69, 9.17) is 0 Å². The normalized spacial score (nSPS) is 13.2. The largest absolute Gasteiger partial charge is 0.370 e. The molecule has 1 aromatic rings. The molecule has 1 unspecified atom stereocenters. The van der Waals surface area contributed by atoms with Gasteiger partial charge in [0.1, 0.15) is 10.7 Å². The van der Waals surface area contributed by atoms with Crippen molar-refractivity contribution in [3.05, 3.63) is 18.3 Å². The van der Waals surface area contributed by atoms with E-state index >= 15 is 0 Å². The van der Waals surface area contributed by atoms with Crippen LogP contribution in [0.15, 0.2) is 23.2 Å². The second kappa shape index (κ2) is 8.49. The molecule has 7 heteroatoms. The summed E-state index contributed by atoms with van der Waals surface area (Å²) in [5.74, 6) is 1.93. The minimum absolute atomic E-state index is 0.205. The van der Waals surface area contributed by atoms with Crippen LogP contribution < -0.4 is 10.0 Å². The van der Waals surface area contributed by atoms with Gasteiger partial charge in [0.2, 0.25) is 10.0 Å². The molecule has 1 aromatic heterocycles. The highest BCUT2D eigenvalue weighted by Crippen LogP contribution is 2.11. The lowest BCUT2D eigenvalue weighted by Crippen LogP contribution is -2.29. The number of nitrogens with one attached hydrogen (secondary N) is 2. The van der Waals surface area contributed by atoms with Crippen LogP contribution >= 0.6 is 11.8 Å². The van der Waals surface area contributed by atoms with Gasteiger partial charge in [-0.3, -0.25) is 0 Å². The predicted octanol–water partition coefficient (Wildman–Crippen LogP) is 2.18. The zero-order valence-electron chi connectivity index (χ0n) is 12.2. The molecule has 0 aliphatic carbocycles. The molecule has 0 bridgehead atoms. The first-order valence-corrected chi connectivity index (χ1v) is 9.55. The van der Waals surface area contributed by atoms with Gasteiger partial charge in [-0.2, -0.15) is 11.8 Å². The number of sulfonamides is 1. The Hall–Kier alpha value is -0.790. The van der Waals surface area contributed by atoms with Gasteiger partial charge in [-0.05, 0) is 36.5 Å². The maximum Gasteiger partial charge on any atom is 0.242 e. The first kappa shape index (κ1) is 17.3. The van der Waals surface area contributed by atoms with Crippen LogP contribution in [0.25, 0.3) is 0 Å². The van der Waals surface area contributed by atoms with Crippen molar-refractivity contribution >= 4 is 27.6 Å².